The van der Waals surface area contributed by atoms with Gasteiger partial charge >= 0.3 is 0 Å². The molecule has 7 nitrogen and oxygen atoms in total. The number of hydrogen-bond donors (Lipinski definition) is 2. The molecule has 3 N–H and O–H groups in total. The first kappa shape index (κ1) is 8.18. The van der Waals surface area contributed by atoms with Gasteiger partial charge in [-0.15, -0.1) is 0 Å². The van der Waals surface area contributed by atoms with E-state index in [4.69, 9.17) is 5.73 Å². The van der Waals surface area contributed by atoms with Crippen LogP contribution in [0.3, 0.4) is 0 Å². The molecule has 64 valence electrons. The molecule has 0 saturated carbocycles. The average Bonchev–Trinajstić information content (AvgIpc) is 2.36. The zero-order valence-corrected chi connectivity index (χ0v) is 6.31. The fourth-order valence-electron chi connectivity index (χ4n) is 0.465. The van der Waals surface area contributed by atoms with Crippen molar-refractivity contribution in [2.75, 3.05) is 5.73 Å². The van der Waals surface area contributed by atoms with Gasteiger partial charge in [0.15, 0.2) is 0 Å². The minimum atomic E-state index is -0.228. The SMILES string of the molecule is CC(=O)NC=Nc1nonc1N. The molecule has 7 heteroatoms. The Balaban J connectivity index is 2.57. The van der Waals surface area contributed by atoms with Crippen molar-refractivity contribution < 1.29 is 9.42 Å². The number of nitrogens with zero attached hydrogens (tertiary/aromatic N) is 3. The Labute approximate surface area is 67.6 Å². The molecule has 0 unspecified atom stereocenters. The predicted octanol–water partition coefficient (Wildman–Crippen LogP) is -0.552. The van der Waals surface area contributed by atoms with Crippen molar-refractivity contribution in [2.24, 2.45) is 4.99 Å². The van der Waals surface area contributed by atoms with Gasteiger partial charge in [0.1, 0.15) is 0 Å². The van der Waals surface area contributed by atoms with Crippen molar-refractivity contribution in [2.45, 2.75) is 6.92 Å². The minimum Gasteiger partial charge on any atom is -0.378 e. The van der Waals surface area contributed by atoms with Crippen molar-refractivity contribution >= 4 is 23.9 Å². The fourth-order valence-corrected chi connectivity index (χ4v) is 0.465. The Hall–Kier alpha value is -1.92. The Morgan fingerprint density at radius 2 is 2.50 bits per heavy atom. The van der Waals surface area contributed by atoms with E-state index in [0.717, 1.165) is 6.34 Å². The molecule has 0 atom stereocenters. The van der Waals surface area contributed by atoms with E-state index in [1.165, 1.54) is 6.92 Å². The lowest BCUT2D eigenvalue weighted by molar-refractivity contribution is -0.117. The molecule has 0 fully saturated rings. The second-order valence-corrected chi connectivity index (χ2v) is 1.93. The molecule has 0 aliphatic carbocycles. The van der Waals surface area contributed by atoms with Crippen LogP contribution in [0.25, 0.3) is 0 Å². The molecule has 1 heterocycles. The highest BCUT2D eigenvalue weighted by atomic mass is 16.6. The zero-order chi connectivity index (χ0) is 8.97. The number of nitrogens with one attached hydrogen (secondary N) is 1. The number of carbonyl (C=O) groups excluding carboxylic acids is 1. The number of aromatic nitrogens is 2. The first-order chi connectivity index (χ1) is 5.70. The summed E-state index contributed by atoms with van der Waals surface area (Å²) in [5.74, 6) is -0.00544. The van der Waals surface area contributed by atoms with Crippen molar-refractivity contribution in [3.8, 4) is 0 Å². The molecule has 1 amide bonds. The normalized spacial score (nSPS) is 10.4. The standard InChI is InChI=1S/C5H7N5O2/c1-3(11)7-2-8-5-4(6)9-12-10-5/h2H,1H3,(H2,6,9)(H,7,8,10,11). The average molecular weight is 169 g/mol. The Morgan fingerprint density at radius 1 is 1.75 bits per heavy atom. The van der Waals surface area contributed by atoms with Gasteiger partial charge in [-0.1, -0.05) is 0 Å². The second-order valence-electron chi connectivity index (χ2n) is 1.93. The van der Waals surface area contributed by atoms with Crippen LogP contribution in [-0.4, -0.2) is 22.6 Å². The van der Waals surface area contributed by atoms with Crippen LogP contribution in [0.5, 0.6) is 0 Å². The maximum atomic E-state index is 10.4. The van der Waals surface area contributed by atoms with Crippen LogP contribution < -0.4 is 11.1 Å². The highest BCUT2D eigenvalue weighted by Crippen LogP contribution is 2.13. The third-order valence-electron chi connectivity index (χ3n) is 0.950. The Morgan fingerprint density at radius 3 is 3.00 bits per heavy atom. The molecule has 0 spiro atoms. The van der Waals surface area contributed by atoms with Gasteiger partial charge in [0.2, 0.25) is 17.5 Å². The topological polar surface area (TPSA) is 106 Å². The highest BCUT2D eigenvalue weighted by molar-refractivity contribution is 5.86. The Kier molecular flexibility index (Phi) is 2.36. The van der Waals surface area contributed by atoms with Gasteiger partial charge in [-0.05, 0) is 10.3 Å². The maximum Gasteiger partial charge on any atom is 0.242 e. The molecule has 0 saturated heterocycles. The van der Waals surface area contributed by atoms with Gasteiger partial charge in [0.25, 0.3) is 0 Å². The van der Waals surface area contributed by atoms with Crippen molar-refractivity contribution in [3.63, 3.8) is 0 Å². The van der Waals surface area contributed by atoms with Gasteiger partial charge in [0.05, 0.1) is 6.34 Å². The van der Waals surface area contributed by atoms with Crippen LogP contribution in [0.15, 0.2) is 9.62 Å². The van der Waals surface area contributed by atoms with E-state index >= 15 is 0 Å². The third kappa shape index (κ3) is 2.04. The van der Waals surface area contributed by atoms with E-state index in [9.17, 15) is 4.79 Å². The van der Waals surface area contributed by atoms with E-state index < -0.39 is 0 Å². The smallest absolute Gasteiger partial charge is 0.242 e. The number of carbonyl (C=O) groups is 1. The number of hydrogen-bond acceptors (Lipinski definition) is 6. The molecule has 0 aliphatic rings. The van der Waals surface area contributed by atoms with Crippen molar-refractivity contribution in [1.82, 2.24) is 15.6 Å². The van der Waals surface area contributed by atoms with Crippen LogP contribution >= 0.6 is 0 Å². The Bertz CT molecular complexity index is 305. The van der Waals surface area contributed by atoms with Crippen molar-refractivity contribution in [3.05, 3.63) is 0 Å². The van der Waals surface area contributed by atoms with Crippen LogP contribution in [0, 0.1) is 0 Å². The molecule has 1 aromatic rings. The maximum absolute atomic E-state index is 10.4. The number of nitrogen functional groups attached to an aromatic ring is 1. The van der Waals surface area contributed by atoms with E-state index in [1.54, 1.807) is 0 Å². The first-order valence-corrected chi connectivity index (χ1v) is 3.08. The molecule has 0 aliphatic heterocycles. The summed E-state index contributed by atoms with van der Waals surface area (Å²) in [6, 6.07) is 0. The van der Waals surface area contributed by atoms with Gasteiger partial charge < -0.3 is 11.1 Å². The van der Waals surface area contributed by atoms with Crippen LogP contribution in [0.4, 0.5) is 11.6 Å². The quantitative estimate of drug-likeness (QED) is 0.456. The van der Waals surface area contributed by atoms with Crippen LogP contribution in [0.1, 0.15) is 6.92 Å². The largest absolute Gasteiger partial charge is 0.378 e. The summed E-state index contributed by atoms with van der Waals surface area (Å²) in [5, 5.41) is 8.95. The summed E-state index contributed by atoms with van der Waals surface area (Å²) in [5.41, 5.74) is 5.26. The zero-order valence-electron chi connectivity index (χ0n) is 6.31. The number of amides is 1. The fraction of sp³-hybridized carbons (Fsp3) is 0.200. The van der Waals surface area contributed by atoms with E-state index in [-0.39, 0.29) is 17.5 Å². The molecule has 0 aromatic carbocycles. The summed E-state index contributed by atoms with van der Waals surface area (Å²) in [6.07, 6.45) is 1.16. The van der Waals surface area contributed by atoms with E-state index in [2.05, 4.69) is 25.3 Å². The first-order valence-electron chi connectivity index (χ1n) is 3.08. The molecule has 1 aromatic heterocycles. The highest BCUT2D eigenvalue weighted by Gasteiger charge is 2.01. The summed E-state index contributed by atoms with van der Waals surface area (Å²) in [7, 11) is 0. The lowest BCUT2D eigenvalue weighted by Gasteiger charge is -1.87. The number of nitrogens with two attached hydrogens (primary N) is 1. The van der Waals surface area contributed by atoms with Gasteiger partial charge in [-0.2, -0.15) is 0 Å². The van der Waals surface area contributed by atoms with Crippen molar-refractivity contribution in [1.29, 1.82) is 0 Å². The molecule has 12 heavy (non-hydrogen) atoms. The molecular weight excluding hydrogens is 162 g/mol. The minimum absolute atomic E-state index is 0.0802. The number of rotatable bonds is 2. The van der Waals surface area contributed by atoms with E-state index in [1.807, 2.05) is 0 Å². The summed E-state index contributed by atoms with van der Waals surface area (Å²) in [4.78, 5) is 14.0. The molecule has 1 rings (SSSR count). The third-order valence-corrected chi connectivity index (χ3v) is 0.950. The monoisotopic (exact) mass is 169 g/mol. The second kappa shape index (κ2) is 3.46. The van der Waals surface area contributed by atoms with Gasteiger partial charge in [0, 0.05) is 6.92 Å². The summed E-state index contributed by atoms with van der Waals surface area (Å²) >= 11 is 0. The van der Waals surface area contributed by atoms with Crippen LogP contribution in [-0.2, 0) is 4.79 Å². The lowest BCUT2D eigenvalue weighted by atomic mass is 10.7. The molecular formula is C5H7N5O2. The molecule has 0 bridgehead atoms. The van der Waals surface area contributed by atoms with Gasteiger partial charge in [-0.3, -0.25) is 4.79 Å². The van der Waals surface area contributed by atoms with Gasteiger partial charge in [-0.25, -0.2) is 9.62 Å². The number of anilines is 1. The predicted molar refractivity (Wildman–Crippen MR) is 40.7 cm³/mol. The number of aliphatic imine (C=N–C) groups is 1. The van der Waals surface area contributed by atoms with Crippen LogP contribution in [0.2, 0.25) is 0 Å². The van der Waals surface area contributed by atoms with E-state index in [0.29, 0.717) is 0 Å². The lowest BCUT2D eigenvalue weighted by Crippen LogP contribution is -2.16. The summed E-state index contributed by atoms with van der Waals surface area (Å²) in [6.45, 7) is 1.36. The molecule has 0 radical (unpaired) electrons. The summed E-state index contributed by atoms with van der Waals surface area (Å²) < 4.78 is 4.25.